The molecule has 5 aromatic carbocycles. The van der Waals surface area contributed by atoms with Gasteiger partial charge in [-0.05, 0) is 122 Å². The molecule has 0 bridgehead atoms. The Kier molecular flexibility index (Phi) is 19.0. The van der Waals surface area contributed by atoms with Crippen LogP contribution in [0.1, 0.15) is 139 Å². The van der Waals surface area contributed by atoms with Crippen LogP contribution in [0.2, 0.25) is 0 Å². The van der Waals surface area contributed by atoms with Gasteiger partial charge in [-0.25, -0.2) is 9.59 Å². The van der Waals surface area contributed by atoms with E-state index in [1.165, 1.54) is 82.4 Å². The third kappa shape index (κ3) is 15.2. The minimum atomic E-state index is -0.666. The lowest BCUT2D eigenvalue weighted by molar-refractivity contribution is 0.0732. The third-order valence-corrected chi connectivity index (χ3v) is 10.4. The van der Waals surface area contributed by atoms with E-state index in [4.69, 9.17) is 18.9 Å². The molecule has 5 rings (SSSR count). The molecule has 9 heteroatoms. The maximum Gasteiger partial charge on any atom is 0.343 e. The fourth-order valence-electron chi connectivity index (χ4n) is 6.64. The maximum atomic E-state index is 13.1. The van der Waals surface area contributed by atoms with Gasteiger partial charge in [-0.3, -0.25) is 9.98 Å². The van der Waals surface area contributed by atoms with Gasteiger partial charge in [0.2, 0.25) is 0 Å². The number of benzene rings is 5. The SMILES string of the molecule is CCCCCCCCOc1ccc(N=Cc2ccc(C(=O)Oc3ccc(C#N)c(OC(=O)c4ccc(C=Nc5ccc(OCCCCCCCC)cc5C)cc4)c3)cc2)c(C)c1. The molecule has 0 radical (unpaired) electrons. The van der Waals surface area contributed by atoms with E-state index < -0.39 is 11.9 Å². The molecule has 9 nitrogen and oxygen atoms in total. The second kappa shape index (κ2) is 25.3. The number of hydrogen-bond donors (Lipinski definition) is 0. The van der Waals surface area contributed by atoms with Crippen molar-refractivity contribution in [3.05, 3.63) is 142 Å². The average Bonchev–Trinajstić information content (AvgIpc) is 3.28. The van der Waals surface area contributed by atoms with E-state index in [9.17, 15) is 14.9 Å². The first kappa shape index (κ1) is 46.5. The summed E-state index contributed by atoms with van der Waals surface area (Å²) in [6.07, 6.45) is 18.1. The molecule has 0 N–H and O–H groups in total. The van der Waals surface area contributed by atoms with Gasteiger partial charge < -0.3 is 18.9 Å². The van der Waals surface area contributed by atoms with Crippen molar-refractivity contribution in [2.75, 3.05) is 13.2 Å². The minimum absolute atomic E-state index is 0.0254. The number of unbranched alkanes of at least 4 members (excludes halogenated alkanes) is 10. The van der Waals surface area contributed by atoms with Gasteiger partial charge in [-0.1, -0.05) is 102 Å². The van der Waals surface area contributed by atoms with Crippen molar-refractivity contribution in [2.45, 2.75) is 105 Å². The summed E-state index contributed by atoms with van der Waals surface area (Å²) in [4.78, 5) is 35.5. The molecule has 0 spiro atoms. The summed E-state index contributed by atoms with van der Waals surface area (Å²) >= 11 is 0. The number of carbonyl (C=O) groups excluding carboxylic acids is 2. The zero-order valence-corrected chi connectivity index (χ0v) is 36.7. The predicted octanol–water partition coefficient (Wildman–Crippen LogP) is 13.6. The number of rotatable bonds is 24. The second-order valence-electron chi connectivity index (χ2n) is 15.4. The monoisotopic (exact) mass is 833 g/mol. The van der Waals surface area contributed by atoms with E-state index in [0.29, 0.717) is 18.8 Å². The highest BCUT2D eigenvalue weighted by Gasteiger charge is 2.16. The van der Waals surface area contributed by atoms with E-state index in [2.05, 4.69) is 23.8 Å². The van der Waals surface area contributed by atoms with E-state index in [-0.39, 0.29) is 22.6 Å². The topological polar surface area (TPSA) is 120 Å². The van der Waals surface area contributed by atoms with E-state index >= 15 is 0 Å². The van der Waals surface area contributed by atoms with Gasteiger partial charge in [0.25, 0.3) is 0 Å². The molecule has 0 saturated heterocycles. The van der Waals surface area contributed by atoms with Gasteiger partial charge in [-0.15, -0.1) is 0 Å². The van der Waals surface area contributed by atoms with Gasteiger partial charge in [0.15, 0.2) is 5.75 Å². The number of esters is 2. The summed E-state index contributed by atoms with van der Waals surface area (Å²) in [6, 6.07) is 31.7. The van der Waals surface area contributed by atoms with Gasteiger partial charge >= 0.3 is 11.9 Å². The maximum absolute atomic E-state index is 13.1. The van der Waals surface area contributed by atoms with Gasteiger partial charge in [-0.2, -0.15) is 5.26 Å². The van der Waals surface area contributed by atoms with Crippen molar-refractivity contribution in [1.29, 1.82) is 5.26 Å². The Bertz CT molecular complexity index is 2310. The van der Waals surface area contributed by atoms with E-state index in [1.54, 1.807) is 61.0 Å². The first-order chi connectivity index (χ1) is 30.3. The first-order valence-corrected chi connectivity index (χ1v) is 22.0. The summed E-state index contributed by atoms with van der Waals surface area (Å²) in [5.41, 5.74) is 5.97. The zero-order valence-electron chi connectivity index (χ0n) is 36.7. The predicted molar refractivity (Wildman–Crippen MR) is 249 cm³/mol. The van der Waals surface area contributed by atoms with Crippen LogP contribution in [0.5, 0.6) is 23.0 Å². The standard InChI is InChI=1S/C53H59N3O6/c1-5-7-9-11-13-15-31-59-46-27-29-49(39(3)33-46)55-37-41-17-21-43(22-18-41)52(57)61-48-26-25-45(36-54)51(35-48)62-53(58)44-23-19-42(20-24-44)38-56-50-30-28-47(34-40(50)4)60-32-16-14-12-10-8-6-2/h17-30,33-35,37-38H,5-16,31-32H2,1-4H3. The lowest BCUT2D eigenvalue weighted by Crippen LogP contribution is -2.11. The summed E-state index contributed by atoms with van der Waals surface area (Å²) < 4.78 is 23.1. The molecule has 322 valence electrons. The number of ether oxygens (including phenoxy) is 4. The largest absolute Gasteiger partial charge is 0.494 e. The number of nitrogens with zero attached hydrogens (tertiary/aromatic N) is 3. The smallest absolute Gasteiger partial charge is 0.343 e. The lowest BCUT2D eigenvalue weighted by Gasteiger charge is -2.10. The van der Waals surface area contributed by atoms with E-state index in [1.807, 2.05) is 56.3 Å². The highest BCUT2D eigenvalue weighted by Crippen LogP contribution is 2.28. The second-order valence-corrected chi connectivity index (χ2v) is 15.4. The average molecular weight is 834 g/mol. The quantitative estimate of drug-likeness (QED) is 0.0263. The molecule has 0 aliphatic rings. The Labute approximate surface area is 367 Å². The molecule has 0 fully saturated rings. The molecule has 0 amide bonds. The van der Waals surface area contributed by atoms with Gasteiger partial charge in [0.1, 0.15) is 23.3 Å². The normalized spacial score (nSPS) is 11.1. The summed E-state index contributed by atoms with van der Waals surface area (Å²) in [6.45, 7) is 9.87. The molecule has 0 atom stereocenters. The summed E-state index contributed by atoms with van der Waals surface area (Å²) in [5, 5.41) is 9.71. The number of aryl methyl sites for hydroxylation is 2. The van der Waals surface area contributed by atoms with Crippen LogP contribution in [-0.2, 0) is 0 Å². The molecular weight excluding hydrogens is 775 g/mol. The lowest BCUT2D eigenvalue weighted by atomic mass is 10.1. The summed E-state index contributed by atoms with van der Waals surface area (Å²) in [5.74, 6) is 0.504. The van der Waals surface area contributed by atoms with E-state index in [0.717, 1.165) is 58.0 Å². The highest BCUT2D eigenvalue weighted by atomic mass is 16.5. The molecule has 62 heavy (non-hydrogen) atoms. The van der Waals surface area contributed by atoms with Crippen LogP contribution in [0.4, 0.5) is 11.4 Å². The van der Waals surface area contributed by atoms with Gasteiger partial charge in [0, 0.05) is 18.5 Å². The Morgan fingerprint density at radius 3 is 1.42 bits per heavy atom. The van der Waals surface area contributed by atoms with Crippen LogP contribution < -0.4 is 18.9 Å². The fourth-order valence-corrected chi connectivity index (χ4v) is 6.64. The van der Waals surface area contributed by atoms with Crippen molar-refractivity contribution in [3.8, 4) is 29.1 Å². The molecule has 5 aromatic rings. The minimum Gasteiger partial charge on any atom is -0.494 e. The Hall–Kier alpha value is -6.53. The number of hydrogen-bond acceptors (Lipinski definition) is 9. The Balaban J connectivity index is 1.10. The highest BCUT2D eigenvalue weighted by molar-refractivity contribution is 5.94. The summed E-state index contributed by atoms with van der Waals surface area (Å²) in [7, 11) is 0. The van der Waals surface area contributed by atoms with Crippen molar-refractivity contribution in [3.63, 3.8) is 0 Å². The van der Waals surface area contributed by atoms with Crippen LogP contribution in [0.3, 0.4) is 0 Å². The number of aliphatic imine (C=N–C) groups is 2. The van der Waals surface area contributed by atoms with Crippen LogP contribution in [-0.4, -0.2) is 37.6 Å². The van der Waals surface area contributed by atoms with Gasteiger partial charge in [0.05, 0.1) is 41.3 Å². The van der Waals surface area contributed by atoms with Crippen molar-refractivity contribution < 1.29 is 28.5 Å². The Morgan fingerprint density at radius 1 is 0.532 bits per heavy atom. The molecule has 0 aromatic heterocycles. The molecule has 0 unspecified atom stereocenters. The van der Waals surface area contributed by atoms with Crippen LogP contribution in [0, 0.1) is 25.2 Å². The first-order valence-electron chi connectivity index (χ1n) is 22.0. The van der Waals surface area contributed by atoms with Crippen molar-refractivity contribution in [1.82, 2.24) is 0 Å². The van der Waals surface area contributed by atoms with Crippen LogP contribution in [0.25, 0.3) is 0 Å². The zero-order chi connectivity index (χ0) is 43.9. The molecule has 0 saturated carbocycles. The van der Waals surface area contributed by atoms with Crippen molar-refractivity contribution >= 4 is 35.7 Å². The Morgan fingerprint density at radius 2 is 0.968 bits per heavy atom. The molecule has 0 aliphatic carbocycles. The molecular formula is C53H59N3O6. The molecule has 0 aliphatic heterocycles. The fraction of sp³-hybridized carbons (Fsp3) is 0.340. The van der Waals surface area contributed by atoms with Crippen molar-refractivity contribution in [2.24, 2.45) is 9.98 Å². The third-order valence-electron chi connectivity index (χ3n) is 10.4. The van der Waals surface area contributed by atoms with Crippen LogP contribution >= 0.6 is 0 Å². The molecule has 0 heterocycles. The van der Waals surface area contributed by atoms with Crippen LogP contribution in [0.15, 0.2) is 113 Å². The number of carbonyl (C=O) groups is 2. The number of nitriles is 1.